The van der Waals surface area contributed by atoms with Crippen LogP contribution in [0.15, 0.2) is 0 Å². The standard InChI is InChI=1S/C21H46N2O6/c1-5-26-18-10-23(11-19-27-6-2)13-21-29-15-7-14-28-20-12-22(8-16-24-3)9-17-25-4/h5-21H2,1-4H3. The Bertz CT molecular complexity index is 295. The first-order valence-corrected chi connectivity index (χ1v) is 11.0. The minimum atomic E-state index is 0.718. The van der Waals surface area contributed by atoms with Crippen molar-refractivity contribution in [3.8, 4) is 0 Å². The van der Waals surface area contributed by atoms with E-state index in [4.69, 9.17) is 28.4 Å². The summed E-state index contributed by atoms with van der Waals surface area (Å²) < 4.78 is 32.7. The molecule has 0 atom stereocenters. The molecule has 0 bridgehead atoms. The Labute approximate surface area is 178 Å². The largest absolute Gasteiger partial charge is 0.383 e. The van der Waals surface area contributed by atoms with Gasteiger partial charge in [0.1, 0.15) is 0 Å². The molecular weight excluding hydrogens is 376 g/mol. The maximum atomic E-state index is 5.76. The van der Waals surface area contributed by atoms with Gasteiger partial charge < -0.3 is 28.4 Å². The molecule has 0 aromatic carbocycles. The zero-order valence-electron chi connectivity index (χ0n) is 19.4. The van der Waals surface area contributed by atoms with Crippen molar-refractivity contribution in [1.29, 1.82) is 0 Å². The maximum Gasteiger partial charge on any atom is 0.0593 e. The van der Waals surface area contributed by atoms with Crippen molar-refractivity contribution in [2.75, 3.05) is 120 Å². The highest BCUT2D eigenvalue weighted by Gasteiger charge is 2.06. The molecule has 0 amide bonds. The molecule has 0 aromatic heterocycles. The molecule has 0 fully saturated rings. The zero-order chi connectivity index (χ0) is 21.4. The molecule has 0 saturated carbocycles. The molecule has 8 heteroatoms. The van der Waals surface area contributed by atoms with Crippen molar-refractivity contribution >= 4 is 0 Å². The minimum absolute atomic E-state index is 0.718. The van der Waals surface area contributed by atoms with E-state index in [0.29, 0.717) is 0 Å². The average Bonchev–Trinajstić information content (AvgIpc) is 2.73. The van der Waals surface area contributed by atoms with Crippen molar-refractivity contribution < 1.29 is 28.4 Å². The van der Waals surface area contributed by atoms with E-state index in [1.165, 1.54) is 0 Å². The Hall–Kier alpha value is -0.320. The lowest BCUT2D eigenvalue weighted by atomic mass is 10.4. The Morgan fingerprint density at radius 1 is 0.448 bits per heavy atom. The van der Waals surface area contributed by atoms with Gasteiger partial charge in [0.2, 0.25) is 0 Å². The first-order chi connectivity index (χ1) is 14.3. The molecule has 0 radical (unpaired) electrons. The summed E-state index contributed by atoms with van der Waals surface area (Å²) in [4.78, 5) is 4.62. The quantitative estimate of drug-likeness (QED) is 0.216. The number of ether oxygens (including phenoxy) is 6. The molecule has 0 aliphatic rings. The molecule has 0 heterocycles. The molecule has 0 aliphatic carbocycles. The third kappa shape index (κ3) is 20.7. The summed E-state index contributed by atoms with van der Waals surface area (Å²) in [5.74, 6) is 0. The topological polar surface area (TPSA) is 61.9 Å². The first kappa shape index (κ1) is 28.7. The van der Waals surface area contributed by atoms with Crippen LogP contribution >= 0.6 is 0 Å². The number of rotatable bonds is 24. The fraction of sp³-hybridized carbons (Fsp3) is 1.00. The first-order valence-electron chi connectivity index (χ1n) is 11.0. The Balaban J connectivity index is 3.68. The minimum Gasteiger partial charge on any atom is -0.383 e. The predicted molar refractivity (Wildman–Crippen MR) is 116 cm³/mol. The Morgan fingerprint density at radius 3 is 1.14 bits per heavy atom. The van der Waals surface area contributed by atoms with Crippen LogP contribution in [0, 0.1) is 0 Å². The average molecular weight is 423 g/mol. The van der Waals surface area contributed by atoms with E-state index < -0.39 is 0 Å². The summed E-state index contributed by atoms with van der Waals surface area (Å²) in [5.41, 5.74) is 0. The molecule has 0 spiro atoms. The number of hydrogen-bond donors (Lipinski definition) is 0. The fourth-order valence-electron chi connectivity index (χ4n) is 2.64. The maximum absolute atomic E-state index is 5.76. The summed E-state index contributed by atoms with van der Waals surface area (Å²) in [6.07, 6.45) is 0.911. The van der Waals surface area contributed by atoms with Gasteiger partial charge >= 0.3 is 0 Å². The molecule has 0 aromatic rings. The van der Waals surface area contributed by atoms with Gasteiger partial charge in [0, 0.05) is 79.9 Å². The van der Waals surface area contributed by atoms with Gasteiger partial charge in [-0.2, -0.15) is 0 Å². The lowest BCUT2D eigenvalue weighted by molar-refractivity contribution is 0.0425. The van der Waals surface area contributed by atoms with Crippen molar-refractivity contribution in [2.45, 2.75) is 20.3 Å². The summed E-state index contributed by atoms with van der Waals surface area (Å²) in [5, 5.41) is 0. The highest BCUT2D eigenvalue weighted by Crippen LogP contribution is 1.94. The van der Waals surface area contributed by atoms with E-state index in [0.717, 1.165) is 112 Å². The van der Waals surface area contributed by atoms with E-state index >= 15 is 0 Å². The molecule has 0 aliphatic heterocycles. The Kier molecular flexibility index (Phi) is 23.7. The van der Waals surface area contributed by atoms with E-state index in [1.54, 1.807) is 14.2 Å². The zero-order valence-corrected chi connectivity index (χ0v) is 19.4. The van der Waals surface area contributed by atoms with Crippen molar-refractivity contribution in [2.24, 2.45) is 0 Å². The summed E-state index contributed by atoms with van der Waals surface area (Å²) in [7, 11) is 3.45. The molecule has 0 unspecified atom stereocenters. The molecule has 176 valence electrons. The van der Waals surface area contributed by atoms with Crippen LogP contribution in [0.3, 0.4) is 0 Å². The number of hydrogen-bond acceptors (Lipinski definition) is 8. The van der Waals surface area contributed by atoms with Crippen LogP contribution < -0.4 is 0 Å². The van der Waals surface area contributed by atoms with Crippen LogP contribution in [0.4, 0.5) is 0 Å². The van der Waals surface area contributed by atoms with Crippen LogP contribution in [0.25, 0.3) is 0 Å². The summed E-state index contributed by atoms with van der Waals surface area (Å²) in [6, 6.07) is 0. The number of nitrogens with zero attached hydrogens (tertiary/aromatic N) is 2. The third-order valence-electron chi connectivity index (χ3n) is 4.42. The van der Waals surface area contributed by atoms with Gasteiger partial charge in [-0.25, -0.2) is 0 Å². The summed E-state index contributed by atoms with van der Waals surface area (Å²) in [6.45, 7) is 16.8. The van der Waals surface area contributed by atoms with Crippen LogP contribution in [0.1, 0.15) is 20.3 Å². The molecule has 29 heavy (non-hydrogen) atoms. The van der Waals surface area contributed by atoms with Gasteiger partial charge in [-0.1, -0.05) is 0 Å². The lowest BCUT2D eigenvalue weighted by Gasteiger charge is -2.22. The normalized spacial score (nSPS) is 11.8. The molecule has 0 N–H and O–H groups in total. The third-order valence-corrected chi connectivity index (χ3v) is 4.42. The van der Waals surface area contributed by atoms with Crippen molar-refractivity contribution in [3.05, 3.63) is 0 Å². The van der Waals surface area contributed by atoms with Gasteiger partial charge in [0.15, 0.2) is 0 Å². The van der Waals surface area contributed by atoms with Crippen LogP contribution in [0.5, 0.6) is 0 Å². The molecule has 0 rings (SSSR count). The molecule has 0 saturated heterocycles. The summed E-state index contributed by atoms with van der Waals surface area (Å²) >= 11 is 0. The molecular formula is C21H46N2O6. The van der Waals surface area contributed by atoms with E-state index in [9.17, 15) is 0 Å². The van der Waals surface area contributed by atoms with Gasteiger partial charge in [-0.15, -0.1) is 0 Å². The van der Waals surface area contributed by atoms with E-state index in [-0.39, 0.29) is 0 Å². The second-order valence-corrected chi connectivity index (χ2v) is 6.64. The second-order valence-electron chi connectivity index (χ2n) is 6.64. The van der Waals surface area contributed by atoms with Crippen LogP contribution in [-0.4, -0.2) is 129 Å². The monoisotopic (exact) mass is 422 g/mol. The van der Waals surface area contributed by atoms with Crippen LogP contribution in [0.2, 0.25) is 0 Å². The van der Waals surface area contributed by atoms with Crippen molar-refractivity contribution in [3.63, 3.8) is 0 Å². The highest BCUT2D eigenvalue weighted by atomic mass is 16.5. The van der Waals surface area contributed by atoms with E-state index in [1.807, 2.05) is 13.8 Å². The van der Waals surface area contributed by atoms with Gasteiger partial charge in [0.05, 0.1) is 39.6 Å². The molecule has 8 nitrogen and oxygen atoms in total. The smallest absolute Gasteiger partial charge is 0.0593 e. The van der Waals surface area contributed by atoms with Gasteiger partial charge in [-0.3, -0.25) is 9.80 Å². The van der Waals surface area contributed by atoms with Crippen molar-refractivity contribution in [1.82, 2.24) is 9.80 Å². The lowest BCUT2D eigenvalue weighted by Crippen LogP contribution is -2.34. The Morgan fingerprint density at radius 2 is 0.793 bits per heavy atom. The van der Waals surface area contributed by atoms with E-state index in [2.05, 4.69) is 9.80 Å². The fourth-order valence-corrected chi connectivity index (χ4v) is 2.64. The highest BCUT2D eigenvalue weighted by molar-refractivity contribution is 4.58. The van der Waals surface area contributed by atoms with Gasteiger partial charge in [0.25, 0.3) is 0 Å². The SMILES string of the molecule is CCOCCN(CCOCC)CCOCCCOCCN(CCOC)CCOC. The second kappa shape index (κ2) is 24.0. The predicted octanol–water partition coefficient (Wildman–Crippen LogP) is 1.38. The number of methoxy groups -OCH3 is 2. The van der Waals surface area contributed by atoms with Gasteiger partial charge in [-0.05, 0) is 20.3 Å². The van der Waals surface area contributed by atoms with Crippen LogP contribution in [-0.2, 0) is 28.4 Å².